The van der Waals surface area contributed by atoms with E-state index in [0.29, 0.717) is 12.1 Å². The number of anilines is 1. The number of hydrogen-bond donors (Lipinski definition) is 0. The second-order valence-corrected chi connectivity index (χ2v) is 8.15. The fourth-order valence-electron chi connectivity index (χ4n) is 4.16. The molecule has 0 N–H and O–H groups in total. The summed E-state index contributed by atoms with van der Waals surface area (Å²) >= 11 is 0. The topological polar surface area (TPSA) is 23.6 Å². The molecule has 0 unspecified atom stereocenters. The average Bonchev–Trinajstić information content (AvgIpc) is 2.77. The van der Waals surface area contributed by atoms with Gasteiger partial charge in [0, 0.05) is 36.9 Å². The number of likely N-dealkylation sites (tertiary alicyclic amines) is 1. The van der Waals surface area contributed by atoms with Gasteiger partial charge in [-0.1, -0.05) is 29.8 Å². The highest BCUT2D eigenvalue weighted by molar-refractivity contribution is 6.06. The summed E-state index contributed by atoms with van der Waals surface area (Å²) in [7, 11) is 0. The van der Waals surface area contributed by atoms with Gasteiger partial charge in [-0.05, 0) is 73.9 Å². The van der Waals surface area contributed by atoms with Gasteiger partial charge >= 0.3 is 0 Å². The lowest BCUT2D eigenvalue weighted by atomic mass is 10.00. The van der Waals surface area contributed by atoms with Crippen molar-refractivity contribution in [3.63, 3.8) is 0 Å². The van der Waals surface area contributed by atoms with Crippen LogP contribution in [0.5, 0.6) is 0 Å². The molecule has 160 valence electrons. The van der Waals surface area contributed by atoms with Crippen LogP contribution in [0.4, 0.5) is 14.5 Å². The highest BCUT2D eigenvalue weighted by atomic mass is 19.1. The van der Waals surface area contributed by atoms with Crippen molar-refractivity contribution in [2.75, 3.05) is 18.0 Å². The summed E-state index contributed by atoms with van der Waals surface area (Å²) in [6, 6.07) is 20.4. The second kappa shape index (κ2) is 9.40. The minimum absolute atomic E-state index is 0.0454. The van der Waals surface area contributed by atoms with Gasteiger partial charge in [0.15, 0.2) is 0 Å². The molecule has 0 aliphatic carbocycles. The second-order valence-electron chi connectivity index (χ2n) is 8.15. The Morgan fingerprint density at radius 3 is 2.26 bits per heavy atom. The Balaban J connectivity index is 1.51. The summed E-state index contributed by atoms with van der Waals surface area (Å²) < 4.78 is 26.9. The fraction of sp³-hybridized carbons (Fsp3) is 0.269. The molecule has 1 heterocycles. The third-order valence-electron chi connectivity index (χ3n) is 5.84. The zero-order valence-corrected chi connectivity index (χ0v) is 17.6. The molecular formula is C26H26F2N2O. The van der Waals surface area contributed by atoms with Gasteiger partial charge in [-0.25, -0.2) is 8.78 Å². The SMILES string of the molecule is Cc1ccc(N(C(=O)c2ccc(F)cc2)C2CCN(Cc3cccc(F)c3)CC2)cc1. The molecule has 1 fully saturated rings. The standard InChI is InChI=1S/C26H26F2N2O/c1-19-5-11-24(12-6-19)30(26(31)21-7-9-22(27)10-8-21)25-13-15-29(16-14-25)18-20-3-2-4-23(28)17-20/h2-12,17,25H,13-16,18H2,1H3. The van der Waals surface area contributed by atoms with E-state index in [1.54, 1.807) is 12.1 Å². The zero-order chi connectivity index (χ0) is 21.8. The van der Waals surface area contributed by atoms with Gasteiger partial charge in [0.05, 0.1) is 0 Å². The number of halogens is 2. The summed E-state index contributed by atoms with van der Waals surface area (Å²) in [6.07, 6.45) is 1.63. The number of aryl methyl sites for hydroxylation is 1. The first-order valence-corrected chi connectivity index (χ1v) is 10.6. The molecule has 31 heavy (non-hydrogen) atoms. The molecule has 0 bridgehead atoms. The Kier molecular flexibility index (Phi) is 6.42. The Morgan fingerprint density at radius 1 is 0.935 bits per heavy atom. The predicted octanol–water partition coefficient (Wildman–Crippen LogP) is 5.58. The molecule has 0 radical (unpaired) electrons. The molecule has 1 amide bonds. The number of carbonyl (C=O) groups is 1. The minimum atomic E-state index is -0.357. The van der Waals surface area contributed by atoms with Crippen LogP contribution in [0.25, 0.3) is 0 Å². The third-order valence-corrected chi connectivity index (χ3v) is 5.84. The van der Waals surface area contributed by atoms with Gasteiger partial charge in [0.1, 0.15) is 11.6 Å². The molecular weight excluding hydrogens is 394 g/mol. The van der Waals surface area contributed by atoms with E-state index in [4.69, 9.17) is 0 Å². The van der Waals surface area contributed by atoms with Crippen molar-refractivity contribution in [1.29, 1.82) is 0 Å². The molecule has 3 aromatic rings. The molecule has 0 atom stereocenters. The molecule has 1 aliphatic heterocycles. The fourth-order valence-corrected chi connectivity index (χ4v) is 4.16. The molecule has 3 nitrogen and oxygen atoms in total. The van der Waals surface area contributed by atoms with Gasteiger partial charge in [0.25, 0.3) is 5.91 Å². The summed E-state index contributed by atoms with van der Waals surface area (Å²) in [4.78, 5) is 17.5. The molecule has 5 heteroatoms. The van der Waals surface area contributed by atoms with Gasteiger partial charge in [-0.15, -0.1) is 0 Å². The molecule has 1 saturated heterocycles. The predicted molar refractivity (Wildman–Crippen MR) is 119 cm³/mol. The first kappa shape index (κ1) is 21.2. The van der Waals surface area contributed by atoms with Gasteiger partial charge in [-0.2, -0.15) is 0 Å². The lowest BCUT2D eigenvalue weighted by Gasteiger charge is -2.38. The number of benzene rings is 3. The lowest BCUT2D eigenvalue weighted by Crippen LogP contribution is -2.47. The van der Waals surface area contributed by atoms with Crippen molar-refractivity contribution in [3.8, 4) is 0 Å². The van der Waals surface area contributed by atoms with Crippen LogP contribution in [0.1, 0.15) is 34.3 Å². The van der Waals surface area contributed by atoms with Crippen LogP contribution in [-0.2, 0) is 6.54 Å². The van der Waals surface area contributed by atoms with E-state index < -0.39 is 0 Å². The first-order valence-electron chi connectivity index (χ1n) is 10.6. The number of carbonyl (C=O) groups excluding carboxylic acids is 1. The molecule has 1 aliphatic rings. The normalized spacial score (nSPS) is 15.1. The highest BCUT2D eigenvalue weighted by Gasteiger charge is 2.30. The Bertz CT molecular complexity index is 1030. The highest BCUT2D eigenvalue weighted by Crippen LogP contribution is 2.27. The van der Waals surface area contributed by atoms with Crippen LogP contribution >= 0.6 is 0 Å². The van der Waals surface area contributed by atoms with Gasteiger partial charge in [0.2, 0.25) is 0 Å². The number of rotatable bonds is 5. The van der Waals surface area contributed by atoms with Crippen molar-refractivity contribution < 1.29 is 13.6 Å². The largest absolute Gasteiger partial charge is 0.305 e. The maximum absolute atomic E-state index is 13.5. The number of piperidine rings is 1. The molecule has 0 spiro atoms. The van der Waals surface area contributed by atoms with E-state index in [1.807, 2.05) is 42.2 Å². The lowest BCUT2D eigenvalue weighted by molar-refractivity contribution is 0.0958. The monoisotopic (exact) mass is 420 g/mol. The Morgan fingerprint density at radius 2 is 1.61 bits per heavy atom. The summed E-state index contributed by atoms with van der Waals surface area (Å²) in [6.45, 7) is 4.35. The number of amides is 1. The van der Waals surface area contributed by atoms with Crippen LogP contribution in [0.15, 0.2) is 72.8 Å². The summed E-state index contributed by atoms with van der Waals surface area (Å²) in [5.74, 6) is -0.695. The van der Waals surface area contributed by atoms with Crippen molar-refractivity contribution >= 4 is 11.6 Å². The van der Waals surface area contributed by atoms with Gasteiger partial charge < -0.3 is 4.90 Å². The van der Waals surface area contributed by atoms with E-state index in [-0.39, 0.29) is 23.6 Å². The smallest absolute Gasteiger partial charge is 0.258 e. The summed E-state index contributed by atoms with van der Waals surface area (Å²) in [5.41, 5.74) is 3.41. The molecule has 4 rings (SSSR count). The molecule has 0 aromatic heterocycles. The summed E-state index contributed by atoms with van der Waals surface area (Å²) in [5, 5.41) is 0. The minimum Gasteiger partial charge on any atom is -0.305 e. The van der Waals surface area contributed by atoms with E-state index >= 15 is 0 Å². The zero-order valence-electron chi connectivity index (χ0n) is 17.6. The first-order chi connectivity index (χ1) is 15.0. The van der Waals surface area contributed by atoms with Crippen LogP contribution < -0.4 is 4.90 Å². The molecule has 0 saturated carbocycles. The van der Waals surface area contributed by atoms with Crippen LogP contribution in [-0.4, -0.2) is 29.9 Å². The van der Waals surface area contributed by atoms with Crippen LogP contribution in [0.3, 0.4) is 0 Å². The van der Waals surface area contributed by atoms with Gasteiger partial charge in [-0.3, -0.25) is 9.69 Å². The Labute approximate surface area is 181 Å². The molecule has 3 aromatic carbocycles. The van der Waals surface area contributed by atoms with Crippen molar-refractivity contribution in [1.82, 2.24) is 4.90 Å². The van der Waals surface area contributed by atoms with Crippen LogP contribution in [0.2, 0.25) is 0 Å². The van der Waals surface area contributed by atoms with E-state index in [1.165, 1.54) is 30.3 Å². The maximum atomic E-state index is 13.5. The number of nitrogens with zero attached hydrogens (tertiary/aromatic N) is 2. The Hall–Kier alpha value is -3.05. The quantitative estimate of drug-likeness (QED) is 0.538. The van der Waals surface area contributed by atoms with Crippen molar-refractivity contribution in [3.05, 3.63) is 101 Å². The van der Waals surface area contributed by atoms with E-state index in [0.717, 1.165) is 42.7 Å². The van der Waals surface area contributed by atoms with E-state index in [9.17, 15) is 13.6 Å². The van der Waals surface area contributed by atoms with E-state index in [2.05, 4.69) is 4.90 Å². The van der Waals surface area contributed by atoms with Crippen molar-refractivity contribution in [2.45, 2.75) is 32.4 Å². The number of hydrogen-bond acceptors (Lipinski definition) is 2. The van der Waals surface area contributed by atoms with Crippen molar-refractivity contribution in [2.24, 2.45) is 0 Å². The van der Waals surface area contributed by atoms with Crippen LogP contribution in [0, 0.1) is 18.6 Å². The third kappa shape index (κ3) is 5.17. The maximum Gasteiger partial charge on any atom is 0.258 e. The average molecular weight is 421 g/mol.